The van der Waals surface area contributed by atoms with Gasteiger partial charge in [-0.15, -0.1) is 0 Å². The van der Waals surface area contributed by atoms with Crippen LogP contribution in [0, 0.1) is 11.3 Å². The SMILES string of the molecule is CC1CC(C(=O)Nc2ccc(Br)cc2)(C(N)=S)C1. The zero-order chi connectivity index (χ0) is 13.3. The van der Waals surface area contributed by atoms with E-state index in [-0.39, 0.29) is 5.91 Å². The van der Waals surface area contributed by atoms with Gasteiger partial charge in [-0.3, -0.25) is 4.79 Å². The number of halogens is 1. The Balaban J connectivity index is 2.11. The van der Waals surface area contributed by atoms with Crippen LogP contribution in [0.1, 0.15) is 19.8 Å². The van der Waals surface area contributed by atoms with Crippen molar-refractivity contribution >= 4 is 44.7 Å². The van der Waals surface area contributed by atoms with Gasteiger partial charge in [-0.2, -0.15) is 0 Å². The van der Waals surface area contributed by atoms with E-state index in [4.69, 9.17) is 18.0 Å². The van der Waals surface area contributed by atoms with Crippen molar-refractivity contribution in [3.63, 3.8) is 0 Å². The third kappa shape index (κ3) is 2.42. The summed E-state index contributed by atoms with van der Waals surface area (Å²) in [5, 5.41) is 2.89. The molecule has 0 saturated heterocycles. The van der Waals surface area contributed by atoms with Gasteiger partial charge in [0.1, 0.15) is 0 Å². The Kier molecular flexibility index (Phi) is 3.73. The average molecular weight is 327 g/mol. The van der Waals surface area contributed by atoms with Crippen LogP contribution in [0.4, 0.5) is 5.69 Å². The normalized spacial score (nSPS) is 26.2. The maximum absolute atomic E-state index is 12.3. The second kappa shape index (κ2) is 4.97. The summed E-state index contributed by atoms with van der Waals surface area (Å²) in [4.78, 5) is 12.6. The van der Waals surface area contributed by atoms with Crippen LogP contribution in [0.5, 0.6) is 0 Å². The highest BCUT2D eigenvalue weighted by atomic mass is 79.9. The van der Waals surface area contributed by atoms with Crippen LogP contribution in [0.2, 0.25) is 0 Å². The molecule has 1 aromatic carbocycles. The Bertz CT molecular complexity index is 480. The summed E-state index contributed by atoms with van der Waals surface area (Å²) in [6.45, 7) is 2.10. The van der Waals surface area contributed by atoms with E-state index in [9.17, 15) is 4.79 Å². The number of rotatable bonds is 3. The summed E-state index contributed by atoms with van der Waals surface area (Å²) in [7, 11) is 0. The Labute approximate surface area is 120 Å². The third-order valence-corrected chi connectivity index (χ3v) is 4.32. The van der Waals surface area contributed by atoms with Crippen molar-refractivity contribution in [1.29, 1.82) is 0 Å². The lowest BCUT2D eigenvalue weighted by atomic mass is 9.62. The van der Waals surface area contributed by atoms with Gasteiger partial charge in [0.25, 0.3) is 0 Å². The maximum Gasteiger partial charge on any atom is 0.237 e. The second-order valence-corrected chi connectivity index (χ2v) is 6.28. The lowest BCUT2D eigenvalue weighted by Crippen LogP contribution is -2.53. The average Bonchev–Trinajstić information content (AvgIpc) is 2.27. The molecular weight excluding hydrogens is 312 g/mol. The van der Waals surface area contributed by atoms with Gasteiger partial charge >= 0.3 is 0 Å². The Morgan fingerprint density at radius 2 is 2.00 bits per heavy atom. The standard InChI is InChI=1S/C13H15BrN2OS/c1-8-6-13(7-8,11(15)18)12(17)16-10-4-2-9(14)3-5-10/h2-5,8H,6-7H2,1H3,(H2,15,18)(H,16,17). The summed E-state index contributed by atoms with van der Waals surface area (Å²) in [5.41, 5.74) is 5.85. The highest BCUT2D eigenvalue weighted by Gasteiger charge is 2.50. The number of carbonyl (C=O) groups is 1. The van der Waals surface area contributed by atoms with E-state index in [1.54, 1.807) is 0 Å². The molecule has 1 aliphatic carbocycles. The first-order valence-corrected chi connectivity index (χ1v) is 7.01. The Morgan fingerprint density at radius 1 is 1.44 bits per heavy atom. The molecule has 3 N–H and O–H groups in total. The van der Waals surface area contributed by atoms with Crippen LogP contribution in [-0.4, -0.2) is 10.9 Å². The van der Waals surface area contributed by atoms with Gasteiger partial charge < -0.3 is 11.1 Å². The number of anilines is 1. The number of amides is 1. The van der Waals surface area contributed by atoms with Crippen LogP contribution >= 0.6 is 28.1 Å². The van der Waals surface area contributed by atoms with Gasteiger partial charge in [0.05, 0.1) is 10.4 Å². The van der Waals surface area contributed by atoms with Gasteiger partial charge in [-0.1, -0.05) is 35.1 Å². The number of carbonyl (C=O) groups excluding carboxylic acids is 1. The minimum absolute atomic E-state index is 0.0876. The zero-order valence-electron chi connectivity index (χ0n) is 10.1. The summed E-state index contributed by atoms with van der Waals surface area (Å²) in [6.07, 6.45) is 1.48. The number of nitrogens with two attached hydrogens (primary N) is 1. The van der Waals surface area contributed by atoms with Gasteiger partial charge in [-0.25, -0.2) is 0 Å². The fraction of sp³-hybridized carbons (Fsp3) is 0.385. The number of thiocarbonyl (C=S) groups is 1. The molecule has 1 fully saturated rings. The first kappa shape index (κ1) is 13.5. The van der Waals surface area contributed by atoms with Crippen LogP contribution in [0.3, 0.4) is 0 Å². The topological polar surface area (TPSA) is 55.1 Å². The van der Waals surface area contributed by atoms with E-state index in [1.165, 1.54) is 0 Å². The molecule has 1 saturated carbocycles. The molecule has 1 aromatic rings. The molecule has 0 unspecified atom stereocenters. The van der Waals surface area contributed by atoms with Crippen LogP contribution < -0.4 is 11.1 Å². The molecule has 0 bridgehead atoms. The predicted octanol–water partition coefficient (Wildman–Crippen LogP) is 3.09. The van der Waals surface area contributed by atoms with E-state index in [0.29, 0.717) is 10.9 Å². The van der Waals surface area contributed by atoms with Crippen LogP contribution in [0.15, 0.2) is 28.7 Å². The number of benzene rings is 1. The van der Waals surface area contributed by atoms with E-state index in [1.807, 2.05) is 24.3 Å². The van der Waals surface area contributed by atoms with Gasteiger partial charge in [-0.05, 0) is 43.0 Å². The van der Waals surface area contributed by atoms with Crippen molar-refractivity contribution in [3.05, 3.63) is 28.7 Å². The zero-order valence-corrected chi connectivity index (χ0v) is 12.5. The fourth-order valence-electron chi connectivity index (χ4n) is 2.41. The third-order valence-electron chi connectivity index (χ3n) is 3.40. The lowest BCUT2D eigenvalue weighted by molar-refractivity contribution is -0.127. The molecule has 2 rings (SSSR count). The van der Waals surface area contributed by atoms with Crippen LogP contribution in [-0.2, 0) is 4.79 Å². The van der Waals surface area contributed by atoms with Crippen molar-refractivity contribution in [3.8, 4) is 0 Å². The molecular formula is C13H15BrN2OS. The molecule has 3 nitrogen and oxygen atoms in total. The molecule has 0 heterocycles. The summed E-state index contributed by atoms with van der Waals surface area (Å²) in [6, 6.07) is 7.45. The number of hydrogen-bond donors (Lipinski definition) is 2. The molecule has 0 spiro atoms. The predicted molar refractivity (Wildman–Crippen MR) is 80.4 cm³/mol. The monoisotopic (exact) mass is 326 g/mol. The molecule has 1 aliphatic rings. The highest BCUT2D eigenvalue weighted by molar-refractivity contribution is 9.10. The summed E-state index contributed by atoms with van der Waals surface area (Å²) in [5.74, 6) is 0.414. The molecule has 0 aliphatic heterocycles. The first-order chi connectivity index (χ1) is 8.44. The van der Waals surface area contributed by atoms with Crippen molar-refractivity contribution < 1.29 is 4.79 Å². The van der Waals surface area contributed by atoms with E-state index in [2.05, 4.69) is 28.2 Å². The van der Waals surface area contributed by atoms with Crippen molar-refractivity contribution in [1.82, 2.24) is 0 Å². The minimum Gasteiger partial charge on any atom is -0.392 e. The van der Waals surface area contributed by atoms with Gasteiger partial charge in [0.15, 0.2) is 0 Å². The molecule has 0 aromatic heterocycles. The maximum atomic E-state index is 12.3. The lowest BCUT2D eigenvalue weighted by Gasteiger charge is -2.44. The molecule has 1 amide bonds. The number of hydrogen-bond acceptors (Lipinski definition) is 2. The van der Waals surface area contributed by atoms with E-state index < -0.39 is 5.41 Å². The van der Waals surface area contributed by atoms with E-state index >= 15 is 0 Å². The summed E-state index contributed by atoms with van der Waals surface area (Å²) < 4.78 is 0.974. The fourth-order valence-corrected chi connectivity index (χ4v) is 2.94. The minimum atomic E-state index is -0.651. The molecule has 0 radical (unpaired) electrons. The van der Waals surface area contributed by atoms with Crippen molar-refractivity contribution in [2.75, 3.05) is 5.32 Å². The molecule has 5 heteroatoms. The Morgan fingerprint density at radius 3 is 2.44 bits per heavy atom. The smallest absolute Gasteiger partial charge is 0.237 e. The van der Waals surface area contributed by atoms with Gasteiger partial charge in [0, 0.05) is 10.2 Å². The van der Waals surface area contributed by atoms with Crippen LogP contribution in [0.25, 0.3) is 0 Å². The second-order valence-electron chi connectivity index (χ2n) is 4.92. The summed E-state index contributed by atoms with van der Waals surface area (Å²) >= 11 is 8.41. The largest absolute Gasteiger partial charge is 0.392 e. The van der Waals surface area contributed by atoms with Gasteiger partial charge in [0.2, 0.25) is 5.91 Å². The molecule has 96 valence electrons. The molecule has 18 heavy (non-hydrogen) atoms. The first-order valence-electron chi connectivity index (χ1n) is 5.81. The Hall–Kier alpha value is -0.940. The van der Waals surface area contributed by atoms with Crippen molar-refractivity contribution in [2.45, 2.75) is 19.8 Å². The highest BCUT2D eigenvalue weighted by Crippen LogP contribution is 2.46. The quantitative estimate of drug-likeness (QED) is 0.839. The van der Waals surface area contributed by atoms with E-state index in [0.717, 1.165) is 23.0 Å². The number of nitrogens with one attached hydrogen (secondary N) is 1. The molecule has 0 atom stereocenters. The van der Waals surface area contributed by atoms with Crippen molar-refractivity contribution in [2.24, 2.45) is 17.1 Å².